The first-order chi connectivity index (χ1) is 13.8. The highest BCUT2D eigenvalue weighted by Gasteiger charge is 2.33. The Kier molecular flexibility index (Phi) is 9.01. The second-order valence-electron chi connectivity index (χ2n) is 6.90. The lowest BCUT2D eigenvalue weighted by Gasteiger charge is -2.31. The van der Waals surface area contributed by atoms with Gasteiger partial charge < -0.3 is 14.8 Å². The number of nitrogens with zero attached hydrogens (tertiary/aromatic N) is 2. The van der Waals surface area contributed by atoms with Gasteiger partial charge in [0.2, 0.25) is 15.9 Å². The van der Waals surface area contributed by atoms with Crippen LogP contribution in [0.2, 0.25) is 5.02 Å². The van der Waals surface area contributed by atoms with Crippen molar-refractivity contribution in [1.82, 2.24) is 10.2 Å². The van der Waals surface area contributed by atoms with Crippen molar-refractivity contribution in [3.05, 3.63) is 23.2 Å². The van der Waals surface area contributed by atoms with Gasteiger partial charge in [-0.05, 0) is 37.6 Å². The van der Waals surface area contributed by atoms with E-state index in [1.165, 1.54) is 13.2 Å². The van der Waals surface area contributed by atoms with Gasteiger partial charge >= 0.3 is 0 Å². The number of rotatable bonds is 10. The molecular formula is C19H30ClN3O5S. The number of hydrogen-bond acceptors (Lipinski definition) is 6. The molecule has 0 bridgehead atoms. The number of benzene rings is 1. The fourth-order valence-electron chi connectivity index (χ4n) is 3.33. The Hall–Kier alpha value is -1.55. The number of ether oxygens (including phenoxy) is 2. The normalized spacial score (nSPS) is 16.3. The van der Waals surface area contributed by atoms with E-state index in [-0.39, 0.29) is 11.6 Å². The maximum absolute atomic E-state index is 12.8. The highest BCUT2D eigenvalue weighted by atomic mass is 35.5. The van der Waals surface area contributed by atoms with Gasteiger partial charge in [-0.3, -0.25) is 14.0 Å². The number of sulfonamides is 1. The van der Waals surface area contributed by atoms with Crippen LogP contribution >= 0.6 is 11.6 Å². The SMILES string of the molecule is CC[C@@H](C(=O)NCCCN1CCOCC1)N(c1cc(Cl)ccc1OC)S(C)(=O)=O. The van der Waals surface area contributed by atoms with Crippen molar-refractivity contribution in [2.45, 2.75) is 25.8 Å². The molecule has 0 aliphatic carbocycles. The maximum Gasteiger partial charge on any atom is 0.243 e. The lowest BCUT2D eigenvalue weighted by atomic mass is 10.1. The number of anilines is 1. The molecule has 0 unspecified atom stereocenters. The van der Waals surface area contributed by atoms with Crippen LogP contribution in [0.5, 0.6) is 5.75 Å². The second-order valence-corrected chi connectivity index (χ2v) is 9.19. The van der Waals surface area contributed by atoms with Gasteiger partial charge in [0.05, 0.1) is 32.3 Å². The molecule has 29 heavy (non-hydrogen) atoms. The van der Waals surface area contributed by atoms with E-state index in [1.54, 1.807) is 19.1 Å². The van der Waals surface area contributed by atoms with Crippen LogP contribution in [0, 0.1) is 0 Å². The van der Waals surface area contributed by atoms with Gasteiger partial charge in [0.1, 0.15) is 11.8 Å². The highest BCUT2D eigenvalue weighted by Crippen LogP contribution is 2.34. The van der Waals surface area contributed by atoms with Crippen molar-refractivity contribution in [1.29, 1.82) is 0 Å². The van der Waals surface area contributed by atoms with Gasteiger partial charge in [-0.25, -0.2) is 8.42 Å². The Morgan fingerprint density at radius 3 is 2.66 bits per heavy atom. The average Bonchev–Trinajstić information content (AvgIpc) is 2.69. The molecule has 1 atom stereocenters. The van der Waals surface area contributed by atoms with Gasteiger partial charge in [-0.15, -0.1) is 0 Å². The van der Waals surface area contributed by atoms with Crippen LogP contribution in [0.3, 0.4) is 0 Å². The lowest BCUT2D eigenvalue weighted by molar-refractivity contribution is -0.122. The lowest BCUT2D eigenvalue weighted by Crippen LogP contribution is -2.49. The first-order valence-corrected chi connectivity index (χ1v) is 11.9. The Balaban J connectivity index is 2.10. The first kappa shape index (κ1) is 23.7. The zero-order valence-electron chi connectivity index (χ0n) is 17.2. The number of carbonyl (C=O) groups is 1. The molecule has 1 N–H and O–H groups in total. The van der Waals surface area contributed by atoms with Crippen LogP contribution in [0.1, 0.15) is 19.8 Å². The fourth-order valence-corrected chi connectivity index (χ4v) is 4.70. The third-order valence-electron chi connectivity index (χ3n) is 4.76. The number of morpholine rings is 1. The van der Waals surface area contributed by atoms with Crippen LogP contribution in [0.4, 0.5) is 5.69 Å². The van der Waals surface area contributed by atoms with Crippen LogP contribution in [0.25, 0.3) is 0 Å². The highest BCUT2D eigenvalue weighted by molar-refractivity contribution is 7.92. The Bertz CT molecular complexity index is 784. The third-order valence-corrected chi connectivity index (χ3v) is 6.16. The van der Waals surface area contributed by atoms with Crippen molar-refractivity contribution in [2.75, 3.05) is 57.1 Å². The van der Waals surface area contributed by atoms with Crippen molar-refractivity contribution < 1.29 is 22.7 Å². The summed E-state index contributed by atoms with van der Waals surface area (Å²) in [5.41, 5.74) is 0.248. The molecule has 0 saturated carbocycles. The summed E-state index contributed by atoms with van der Waals surface area (Å²) in [6.07, 6.45) is 2.15. The van der Waals surface area contributed by atoms with Gasteiger partial charge in [0.25, 0.3) is 0 Å². The predicted octanol–water partition coefficient (Wildman–Crippen LogP) is 1.73. The summed E-state index contributed by atoms with van der Waals surface area (Å²) in [4.78, 5) is 15.1. The minimum Gasteiger partial charge on any atom is -0.495 e. The zero-order chi connectivity index (χ0) is 21.4. The summed E-state index contributed by atoms with van der Waals surface area (Å²) in [5, 5.41) is 3.23. The molecule has 1 aliphatic heterocycles. The molecular weight excluding hydrogens is 418 g/mol. The molecule has 0 spiro atoms. The van der Waals surface area contributed by atoms with E-state index in [0.717, 1.165) is 49.8 Å². The number of carbonyl (C=O) groups excluding carboxylic acids is 1. The third kappa shape index (κ3) is 6.74. The van der Waals surface area contributed by atoms with Crippen molar-refractivity contribution in [3.8, 4) is 5.75 Å². The molecule has 0 radical (unpaired) electrons. The molecule has 164 valence electrons. The van der Waals surface area contributed by atoms with Gasteiger partial charge in [0, 0.05) is 24.7 Å². The monoisotopic (exact) mass is 447 g/mol. The molecule has 1 fully saturated rings. The molecule has 1 saturated heterocycles. The molecule has 2 rings (SSSR count). The van der Waals surface area contributed by atoms with Gasteiger partial charge in [-0.1, -0.05) is 18.5 Å². The summed E-state index contributed by atoms with van der Waals surface area (Å²) in [6.45, 7) is 6.34. The molecule has 0 aromatic heterocycles. The van der Waals surface area contributed by atoms with E-state index in [0.29, 0.717) is 23.7 Å². The Morgan fingerprint density at radius 1 is 1.38 bits per heavy atom. The average molecular weight is 448 g/mol. The molecule has 1 aliphatic rings. The Morgan fingerprint density at radius 2 is 2.07 bits per heavy atom. The Labute approximate surface area is 178 Å². The van der Waals surface area contributed by atoms with E-state index in [9.17, 15) is 13.2 Å². The molecule has 1 aromatic rings. The van der Waals surface area contributed by atoms with Gasteiger partial charge in [0.15, 0.2) is 0 Å². The largest absolute Gasteiger partial charge is 0.495 e. The van der Waals surface area contributed by atoms with E-state index < -0.39 is 16.1 Å². The summed E-state index contributed by atoms with van der Waals surface area (Å²) in [7, 11) is -2.32. The molecule has 1 amide bonds. The number of nitrogens with one attached hydrogen (secondary N) is 1. The first-order valence-electron chi connectivity index (χ1n) is 9.68. The second kappa shape index (κ2) is 11.0. The van der Waals surface area contributed by atoms with Crippen molar-refractivity contribution in [2.24, 2.45) is 0 Å². The quantitative estimate of drug-likeness (QED) is 0.549. The summed E-state index contributed by atoms with van der Waals surface area (Å²) < 4.78 is 36.9. The minimum atomic E-state index is -3.76. The van der Waals surface area contributed by atoms with Crippen molar-refractivity contribution >= 4 is 33.2 Å². The fraction of sp³-hybridized carbons (Fsp3) is 0.632. The number of amides is 1. The van der Waals surface area contributed by atoms with Crippen molar-refractivity contribution in [3.63, 3.8) is 0 Å². The summed E-state index contributed by atoms with van der Waals surface area (Å²) in [6, 6.07) is 3.79. The number of hydrogen-bond donors (Lipinski definition) is 1. The molecule has 8 nitrogen and oxygen atoms in total. The standard InChI is InChI=1S/C19H30ClN3O5S/c1-4-16(19(24)21-8-5-9-22-10-12-28-13-11-22)23(29(3,25)26)17-14-15(20)6-7-18(17)27-2/h6-7,14,16H,4-5,8-13H2,1-3H3,(H,21,24)/t16-/m0/s1. The zero-order valence-corrected chi connectivity index (χ0v) is 18.8. The topological polar surface area (TPSA) is 88.2 Å². The minimum absolute atomic E-state index is 0.248. The van der Waals surface area contributed by atoms with Crippen LogP contribution in [-0.2, 0) is 19.6 Å². The predicted molar refractivity (Wildman–Crippen MR) is 114 cm³/mol. The van der Waals surface area contributed by atoms with E-state index >= 15 is 0 Å². The number of methoxy groups -OCH3 is 1. The molecule has 1 aromatic carbocycles. The number of halogens is 1. The molecule has 1 heterocycles. The van der Waals surface area contributed by atoms with E-state index in [1.807, 2.05) is 0 Å². The van der Waals surface area contributed by atoms with Crippen LogP contribution < -0.4 is 14.4 Å². The van der Waals surface area contributed by atoms with E-state index in [2.05, 4.69) is 10.2 Å². The summed E-state index contributed by atoms with van der Waals surface area (Å²) >= 11 is 6.08. The smallest absolute Gasteiger partial charge is 0.243 e. The van der Waals surface area contributed by atoms with Crippen LogP contribution in [-0.4, -0.2) is 78.0 Å². The molecule has 10 heteroatoms. The summed E-state index contributed by atoms with van der Waals surface area (Å²) in [5.74, 6) is -0.0136. The van der Waals surface area contributed by atoms with Crippen LogP contribution in [0.15, 0.2) is 18.2 Å². The van der Waals surface area contributed by atoms with E-state index in [4.69, 9.17) is 21.1 Å². The van der Waals surface area contributed by atoms with Gasteiger partial charge in [-0.2, -0.15) is 0 Å². The maximum atomic E-state index is 12.8.